The lowest BCUT2D eigenvalue weighted by molar-refractivity contribution is -0.0112. The summed E-state index contributed by atoms with van der Waals surface area (Å²) in [7, 11) is 0. The van der Waals surface area contributed by atoms with Gasteiger partial charge in [0.2, 0.25) is 5.13 Å². The van der Waals surface area contributed by atoms with Crippen molar-refractivity contribution in [1.82, 2.24) is 14.3 Å². The molecule has 1 saturated heterocycles. The van der Waals surface area contributed by atoms with Crippen LogP contribution in [0.25, 0.3) is 0 Å². The van der Waals surface area contributed by atoms with Gasteiger partial charge in [-0.3, -0.25) is 4.90 Å². The van der Waals surface area contributed by atoms with Gasteiger partial charge < -0.3 is 9.46 Å². The molecule has 0 saturated carbocycles. The van der Waals surface area contributed by atoms with E-state index in [-0.39, 0.29) is 11.5 Å². The molecule has 0 radical (unpaired) electrons. The van der Waals surface area contributed by atoms with E-state index >= 15 is 0 Å². The number of rotatable bonds is 7. The van der Waals surface area contributed by atoms with E-state index < -0.39 is 0 Å². The summed E-state index contributed by atoms with van der Waals surface area (Å²) in [5.41, 5.74) is 4.06. The van der Waals surface area contributed by atoms with Crippen molar-refractivity contribution in [2.75, 3.05) is 17.8 Å². The van der Waals surface area contributed by atoms with Crippen LogP contribution in [0.3, 0.4) is 0 Å². The minimum atomic E-state index is 0.0211. The maximum atomic E-state index is 6.57. The average Bonchev–Trinajstić information content (AvgIpc) is 3.22. The SMILES string of the molecule is Cc1cc(C)cc(CN2CCC(Oc3ccc(SNc4ncns4)cc3Cl)C(C)(C)C2)c1. The third-order valence-electron chi connectivity index (χ3n) is 5.69. The molecule has 2 heterocycles. The third-order valence-corrected chi connectivity index (χ3v) is 7.48. The lowest BCUT2D eigenvalue weighted by Gasteiger charge is -2.44. The molecule has 1 aliphatic rings. The van der Waals surface area contributed by atoms with E-state index in [0.717, 1.165) is 41.8 Å². The van der Waals surface area contributed by atoms with E-state index in [2.05, 4.69) is 64.9 Å². The lowest BCUT2D eigenvalue weighted by atomic mass is 9.81. The summed E-state index contributed by atoms with van der Waals surface area (Å²) in [5, 5.41) is 1.39. The Labute approximate surface area is 203 Å². The lowest BCUT2D eigenvalue weighted by Crippen LogP contribution is -2.50. The van der Waals surface area contributed by atoms with Crippen LogP contribution < -0.4 is 9.46 Å². The van der Waals surface area contributed by atoms with Gasteiger partial charge in [-0.15, -0.1) is 0 Å². The summed E-state index contributed by atoms with van der Waals surface area (Å²) in [6, 6.07) is 12.7. The molecule has 1 aliphatic heterocycles. The van der Waals surface area contributed by atoms with Crippen LogP contribution >= 0.6 is 35.1 Å². The molecule has 5 nitrogen and oxygen atoms in total. The number of aryl methyl sites for hydroxylation is 2. The molecule has 1 N–H and O–H groups in total. The van der Waals surface area contributed by atoms with Gasteiger partial charge >= 0.3 is 0 Å². The summed E-state index contributed by atoms with van der Waals surface area (Å²) in [6.45, 7) is 11.9. The number of nitrogens with one attached hydrogen (secondary N) is 1. The van der Waals surface area contributed by atoms with Gasteiger partial charge in [-0.1, -0.05) is 54.8 Å². The van der Waals surface area contributed by atoms with E-state index in [1.165, 1.54) is 46.5 Å². The van der Waals surface area contributed by atoms with Crippen LogP contribution in [0.4, 0.5) is 5.13 Å². The molecule has 0 amide bonds. The second kappa shape index (κ2) is 10.00. The van der Waals surface area contributed by atoms with Gasteiger partial charge in [-0.25, -0.2) is 4.98 Å². The third kappa shape index (κ3) is 5.95. The predicted octanol–water partition coefficient (Wildman–Crippen LogP) is 6.61. The minimum absolute atomic E-state index is 0.0211. The van der Waals surface area contributed by atoms with Crippen LogP contribution in [0, 0.1) is 19.3 Å². The molecular formula is C24H29ClN4OS2. The molecule has 0 aliphatic carbocycles. The quantitative estimate of drug-likeness (QED) is 0.378. The van der Waals surface area contributed by atoms with E-state index in [9.17, 15) is 0 Å². The van der Waals surface area contributed by atoms with Crippen molar-refractivity contribution in [3.63, 3.8) is 0 Å². The van der Waals surface area contributed by atoms with Crippen LogP contribution in [0.5, 0.6) is 5.75 Å². The zero-order valence-corrected chi connectivity index (χ0v) is 21.3. The van der Waals surface area contributed by atoms with Gasteiger partial charge in [-0.2, -0.15) is 4.37 Å². The Balaban J connectivity index is 1.36. The van der Waals surface area contributed by atoms with Crippen LogP contribution in [-0.2, 0) is 6.54 Å². The van der Waals surface area contributed by atoms with Crippen LogP contribution in [-0.4, -0.2) is 33.5 Å². The van der Waals surface area contributed by atoms with Crippen molar-refractivity contribution in [3.05, 3.63) is 64.4 Å². The number of benzene rings is 2. The maximum Gasteiger partial charge on any atom is 0.212 e. The number of hydrogen-bond acceptors (Lipinski definition) is 7. The molecule has 0 spiro atoms. The van der Waals surface area contributed by atoms with E-state index in [1.54, 1.807) is 0 Å². The molecule has 1 atom stereocenters. The predicted molar refractivity (Wildman–Crippen MR) is 135 cm³/mol. The normalized spacial score (nSPS) is 18.5. The van der Waals surface area contributed by atoms with Gasteiger partial charge in [0.1, 0.15) is 18.2 Å². The Hall–Kier alpha value is -1.80. The summed E-state index contributed by atoms with van der Waals surface area (Å²) in [5.74, 6) is 0.743. The number of halogens is 1. The average molecular weight is 489 g/mol. The van der Waals surface area contributed by atoms with E-state index in [4.69, 9.17) is 16.3 Å². The largest absolute Gasteiger partial charge is 0.488 e. The molecule has 3 aromatic rings. The summed E-state index contributed by atoms with van der Waals surface area (Å²) in [6.07, 6.45) is 2.63. The number of likely N-dealkylation sites (tertiary alicyclic amines) is 1. The zero-order chi connectivity index (χ0) is 22.7. The molecule has 8 heteroatoms. The van der Waals surface area contributed by atoms with E-state index in [0.29, 0.717) is 5.02 Å². The highest BCUT2D eigenvalue weighted by Gasteiger charge is 2.37. The number of nitrogens with zero attached hydrogens (tertiary/aromatic N) is 3. The Morgan fingerprint density at radius 2 is 2.00 bits per heavy atom. The van der Waals surface area contributed by atoms with Crippen molar-refractivity contribution >= 4 is 40.2 Å². The van der Waals surface area contributed by atoms with E-state index in [1.807, 2.05) is 18.2 Å². The van der Waals surface area contributed by atoms with Crippen LogP contribution in [0.1, 0.15) is 37.0 Å². The molecular weight excluding hydrogens is 460 g/mol. The standard InChI is InChI=1S/C24H29ClN4OS2/c1-16-9-17(2)11-18(10-16)13-29-8-7-22(24(3,4)14-29)30-21-6-5-19(12-20(21)25)31-28-23-26-15-27-32-23/h5-6,9-12,15,22H,7-8,13-14H2,1-4H3,(H,26,27,28). The first kappa shape index (κ1) is 23.4. The van der Waals surface area contributed by atoms with Crippen LogP contribution in [0.15, 0.2) is 47.6 Å². The number of piperidine rings is 1. The van der Waals surface area contributed by atoms with Crippen molar-refractivity contribution in [2.45, 2.75) is 51.7 Å². The highest BCUT2D eigenvalue weighted by Crippen LogP contribution is 2.37. The topological polar surface area (TPSA) is 50.3 Å². The summed E-state index contributed by atoms with van der Waals surface area (Å²) < 4.78 is 13.6. The van der Waals surface area contributed by atoms with Gasteiger partial charge in [0.15, 0.2) is 0 Å². The first-order chi connectivity index (χ1) is 15.3. The molecule has 170 valence electrons. The zero-order valence-electron chi connectivity index (χ0n) is 18.9. The molecule has 1 fully saturated rings. The maximum absolute atomic E-state index is 6.57. The monoisotopic (exact) mass is 488 g/mol. The van der Waals surface area contributed by atoms with Gasteiger partial charge in [0.25, 0.3) is 0 Å². The van der Waals surface area contributed by atoms with Crippen molar-refractivity contribution in [3.8, 4) is 5.75 Å². The number of ether oxygens (including phenoxy) is 1. The minimum Gasteiger partial charge on any atom is -0.488 e. The highest BCUT2D eigenvalue weighted by atomic mass is 35.5. The summed E-state index contributed by atoms with van der Waals surface area (Å²) in [4.78, 5) is 7.66. The second-order valence-electron chi connectivity index (χ2n) is 9.13. The number of hydrogen-bond donors (Lipinski definition) is 1. The fourth-order valence-corrected chi connectivity index (χ4v) is 5.76. The molecule has 2 aromatic carbocycles. The Morgan fingerprint density at radius 3 is 2.66 bits per heavy atom. The molecule has 0 bridgehead atoms. The van der Waals surface area contributed by atoms with Gasteiger partial charge in [0.05, 0.1) is 5.02 Å². The fraction of sp³-hybridized carbons (Fsp3) is 0.417. The van der Waals surface area contributed by atoms with Crippen molar-refractivity contribution in [2.24, 2.45) is 5.41 Å². The summed E-state index contributed by atoms with van der Waals surface area (Å²) >= 11 is 9.35. The van der Waals surface area contributed by atoms with Gasteiger partial charge in [0, 0.05) is 41.5 Å². The number of aromatic nitrogens is 2. The smallest absolute Gasteiger partial charge is 0.212 e. The van der Waals surface area contributed by atoms with Crippen LogP contribution in [0.2, 0.25) is 5.02 Å². The first-order valence-corrected chi connectivity index (χ1v) is 12.7. The number of anilines is 1. The first-order valence-electron chi connectivity index (χ1n) is 10.7. The van der Waals surface area contributed by atoms with Crippen molar-refractivity contribution in [1.29, 1.82) is 0 Å². The molecule has 4 rings (SSSR count). The molecule has 1 unspecified atom stereocenters. The second-order valence-corrected chi connectivity index (χ2v) is 11.2. The Bertz CT molecular complexity index is 1040. The van der Waals surface area contributed by atoms with Crippen molar-refractivity contribution < 1.29 is 4.74 Å². The molecule has 1 aromatic heterocycles. The fourth-order valence-electron chi connectivity index (χ4n) is 4.33. The van der Waals surface area contributed by atoms with Gasteiger partial charge in [-0.05, 0) is 56.0 Å². The Kier molecular flexibility index (Phi) is 7.30. The highest BCUT2D eigenvalue weighted by molar-refractivity contribution is 8.00. The Morgan fingerprint density at radius 1 is 1.22 bits per heavy atom. The molecule has 32 heavy (non-hydrogen) atoms.